The molecule has 3 aromatic rings. The van der Waals surface area contributed by atoms with Gasteiger partial charge in [-0.05, 0) is 86.6 Å². The quantitative estimate of drug-likeness (QED) is 0.222. The van der Waals surface area contributed by atoms with E-state index in [9.17, 15) is 26.8 Å². The van der Waals surface area contributed by atoms with Crippen LogP contribution in [-0.4, -0.2) is 68.3 Å². The second-order valence-corrected chi connectivity index (χ2v) is 14.8. The van der Waals surface area contributed by atoms with E-state index < -0.39 is 51.4 Å². The molecule has 1 heterocycles. The lowest BCUT2D eigenvalue weighted by Crippen LogP contribution is -2.58. The van der Waals surface area contributed by atoms with Crippen molar-refractivity contribution < 1.29 is 35.9 Å². The summed E-state index contributed by atoms with van der Waals surface area (Å²) in [6.07, 6.45) is 1.38. The summed E-state index contributed by atoms with van der Waals surface area (Å²) in [6, 6.07) is 11.2. The molecule has 14 heteroatoms. The lowest BCUT2D eigenvalue weighted by atomic mass is 9.84. The number of amides is 2. The van der Waals surface area contributed by atoms with Crippen LogP contribution in [0, 0.1) is 17.5 Å². The zero-order valence-electron chi connectivity index (χ0n) is 26.5. The number of anilines is 1. The highest BCUT2D eigenvalue weighted by atomic mass is 35.5. The van der Waals surface area contributed by atoms with Crippen LogP contribution in [0.2, 0.25) is 5.02 Å². The fourth-order valence-corrected chi connectivity index (χ4v) is 8.74. The number of hydrogen-bond acceptors (Lipinski definition) is 6. The monoisotopic (exact) mass is 706 g/mol. The van der Waals surface area contributed by atoms with E-state index in [0.717, 1.165) is 19.2 Å². The van der Waals surface area contributed by atoms with Crippen LogP contribution in [0.4, 0.5) is 23.7 Å². The second-order valence-electron chi connectivity index (χ2n) is 12.2. The number of halogens is 4. The molecule has 2 fully saturated rings. The Morgan fingerprint density at radius 2 is 1.71 bits per heavy atom. The Morgan fingerprint density at radius 1 is 1.02 bits per heavy atom. The third kappa shape index (κ3) is 8.31. The molecule has 1 saturated carbocycles. The summed E-state index contributed by atoms with van der Waals surface area (Å²) in [5.74, 6) is -4.28. The van der Waals surface area contributed by atoms with Crippen molar-refractivity contribution in [2.45, 2.75) is 68.3 Å². The van der Waals surface area contributed by atoms with Crippen molar-refractivity contribution in [3.05, 3.63) is 99.8 Å². The normalized spacial score (nSPS) is 19.7. The molecule has 5 rings (SSSR count). The second kappa shape index (κ2) is 15.3. The van der Waals surface area contributed by atoms with Gasteiger partial charge in [-0.1, -0.05) is 29.8 Å². The van der Waals surface area contributed by atoms with Crippen molar-refractivity contribution in [3.63, 3.8) is 0 Å². The molecule has 0 bridgehead atoms. The van der Waals surface area contributed by atoms with Crippen LogP contribution < -0.4 is 16.0 Å². The number of alkyl carbamates (subject to hydrolysis) is 1. The zero-order chi connectivity index (χ0) is 34.6. The maximum absolute atomic E-state index is 15.3. The fourth-order valence-electron chi connectivity index (χ4n) is 6.37. The molecule has 2 aliphatic rings. The Balaban J connectivity index is 1.41. The summed E-state index contributed by atoms with van der Waals surface area (Å²) in [5, 5.41) is 8.51. The van der Waals surface area contributed by atoms with Gasteiger partial charge >= 0.3 is 6.09 Å². The lowest BCUT2D eigenvalue weighted by molar-refractivity contribution is -0.118. The molecule has 0 radical (unpaired) electrons. The van der Waals surface area contributed by atoms with Crippen molar-refractivity contribution in [3.8, 4) is 0 Å². The van der Waals surface area contributed by atoms with Gasteiger partial charge in [0.25, 0.3) is 0 Å². The number of methoxy groups -OCH3 is 1. The summed E-state index contributed by atoms with van der Waals surface area (Å²) in [4.78, 5) is 26.6. The van der Waals surface area contributed by atoms with Gasteiger partial charge in [0.1, 0.15) is 23.5 Å². The van der Waals surface area contributed by atoms with Gasteiger partial charge < -0.3 is 20.7 Å². The SMILES string of the molecule is COC(=O)N[C@H](C(=O)Nc1cccc(F)c1CCC[C@H]1CNC[C@H](C)N1S(=O)(=O)C1CC1)[C@@H](c1ccc(Cl)cc1)c1cc(F)cc(F)c1. The molecular weight excluding hydrogens is 669 g/mol. The van der Waals surface area contributed by atoms with Crippen molar-refractivity contribution in [1.29, 1.82) is 0 Å². The highest BCUT2D eigenvalue weighted by Gasteiger charge is 2.45. The first-order chi connectivity index (χ1) is 22.9. The van der Waals surface area contributed by atoms with E-state index in [0.29, 0.717) is 55.4 Å². The summed E-state index contributed by atoms with van der Waals surface area (Å²) in [6.45, 7) is 2.90. The van der Waals surface area contributed by atoms with Crippen LogP contribution in [0.1, 0.15) is 55.2 Å². The number of nitrogens with zero attached hydrogens (tertiary/aromatic N) is 1. The van der Waals surface area contributed by atoms with Crippen molar-refractivity contribution >= 4 is 39.3 Å². The Labute approximate surface area is 283 Å². The molecule has 4 atom stereocenters. The highest BCUT2D eigenvalue weighted by Crippen LogP contribution is 2.35. The van der Waals surface area contributed by atoms with Gasteiger partial charge in [-0.3, -0.25) is 4.79 Å². The van der Waals surface area contributed by atoms with Gasteiger partial charge in [-0.15, -0.1) is 0 Å². The Bertz CT molecular complexity index is 1720. The average molecular weight is 707 g/mol. The van der Waals surface area contributed by atoms with E-state index in [1.807, 2.05) is 6.92 Å². The molecule has 1 aliphatic carbocycles. The number of ether oxygens (including phenoxy) is 1. The van der Waals surface area contributed by atoms with Gasteiger partial charge in [0.2, 0.25) is 15.9 Å². The van der Waals surface area contributed by atoms with Crippen molar-refractivity contribution in [2.24, 2.45) is 0 Å². The molecule has 9 nitrogen and oxygen atoms in total. The van der Waals surface area contributed by atoms with Crippen LogP contribution in [0.5, 0.6) is 0 Å². The molecule has 1 aliphatic heterocycles. The minimum absolute atomic E-state index is 0.0480. The van der Waals surface area contributed by atoms with Gasteiger partial charge in [-0.25, -0.2) is 26.4 Å². The molecule has 0 aromatic heterocycles. The number of benzene rings is 3. The molecule has 48 heavy (non-hydrogen) atoms. The minimum Gasteiger partial charge on any atom is -0.453 e. The molecule has 1 saturated heterocycles. The largest absolute Gasteiger partial charge is 0.453 e. The van der Waals surface area contributed by atoms with E-state index in [4.69, 9.17) is 16.3 Å². The lowest BCUT2D eigenvalue weighted by Gasteiger charge is -2.40. The van der Waals surface area contributed by atoms with E-state index in [1.165, 1.54) is 30.3 Å². The molecule has 3 aromatic carbocycles. The van der Waals surface area contributed by atoms with E-state index >= 15 is 4.39 Å². The maximum Gasteiger partial charge on any atom is 0.407 e. The number of sulfonamides is 1. The standard InChI is InChI=1S/C34H38ClF3N4O5S/c1-20-18-39-19-26(42(20)48(45,46)27-13-14-27)5-3-6-28-29(38)7-4-8-30(28)40-33(43)32(41-34(44)47-2)31(21-9-11-23(35)12-10-21)22-15-24(36)17-25(37)16-22/h4,7-12,15-17,20,26-27,31-32,39H,3,5-6,13-14,18-19H2,1-2H3,(H,40,43)(H,41,44)/t20-,26-,31-,32-/m0/s1. The molecule has 0 spiro atoms. The van der Waals surface area contributed by atoms with Gasteiger partial charge in [0.05, 0.1) is 12.4 Å². The van der Waals surface area contributed by atoms with E-state index in [-0.39, 0.29) is 40.6 Å². The molecule has 0 unspecified atom stereocenters. The maximum atomic E-state index is 15.3. The number of hydrogen-bond donors (Lipinski definition) is 3. The predicted octanol–water partition coefficient (Wildman–Crippen LogP) is 5.73. The summed E-state index contributed by atoms with van der Waals surface area (Å²) >= 11 is 6.09. The smallest absolute Gasteiger partial charge is 0.407 e. The number of rotatable bonds is 12. The summed E-state index contributed by atoms with van der Waals surface area (Å²) < 4.78 is 77.0. The molecule has 3 N–H and O–H groups in total. The van der Waals surface area contributed by atoms with Crippen LogP contribution in [0.15, 0.2) is 60.7 Å². The minimum atomic E-state index is -3.43. The van der Waals surface area contributed by atoms with Crippen LogP contribution in [0.25, 0.3) is 0 Å². The Kier molecular flexibility index (Phi) is 11.3. The zero-order valence-corrected chi connectivity index (χ0v) is 28.1. The first-order valence-corrected chi connectivity index (χ1v) is 17.6. The van der Waals surface area contributed by atoms with Crippen molar-refractivity contribution in [1.82, 2.24) is 14.9 Å². The Hall–Kier alpha value is -3.65. The molecule has 258 valence electrons. The third-order valence-electron chi connectivity index (χ3n) is 8.74. The van der Waals surface area contributed by atoms with Crippen LogP contribution in [-0.2, 0) is 26.0 Å². The third-order valence-corrected chi connectivity index (χ3v) is 11.6. The van der Waals surface area contributed by atoms with E-state index in [1.54, 1.807) is 16.4 Å². The first kappa shape index (κ1) is 35.7. The summed E-state index contributed by atoms with van der Waals surface area (Å²) in [7, 11) is -2.33. The fraction of sp³-hybridized carbons (Fsp3) is 0.412. The first-order valence-electron chi connectivity index (χ1n) is 15.8. The number of carbonyl (C=O) groups excluding carboxylic acids is 2. The van der Waals surface area contributed by atoms with Crippen LogP contribution in [0.3, 0.4) is 0 Å². The molecule has 2 amide bonds. The van der Waals surface area contributed by atoms with Crippen molar-refractivity contribution in [2.75, 3.05) is 25.5 Å². The van der Waals surface area contributed by atoms with Crippen LogP contribution >= 0.6 is 11.6 Å². The Morgan fingerprint density at radius 3 is 2.35 bits per heavy atom. The topological polar surface area (TPSA) is 117 Å². The predicted molar refractivity (Wildman–Crippen MR) is 177 cm³/mol. The number of carbonyl (C=O) groups is 2. The van der Waals surface area contributed by atoms with Gasteiger partial charge in [-0.2, -0.15) is 4.31 Å². The average Bonchev–Trinajstić information content (AvgIpc) is 3.89. The number of piperazine rings is 1. The molecular formula is C34H38ClF3N4O5S. The van der Waals surface area contributed by atoms with Gasteiger partial charge in [0.15, 0.2) is 0 Å². The van der Waals surface area contributed by atoms with E-state index in [2.05, 4.69) is 16.0 Å². The number of nitrogens with one attached hydrogen (secondary N) is 3. The highest BCUT2D eigenvalue weighted by molar-refractivity contribution is 7.90. The van der Waals surface area contributed by atoms with Gasteiger partial charge in [0, 0.05) is 53.4 Å². The summed E-state index contributed by atoms with van der Waals surface area (Å²) in [5.41, 5.74) is 0.777.